The number of benzene rings is 2. The van der Waals surface area contributed by atoms with Crippen LogP contribution in [0.3, 0.4) is 0 Å². The highest BCUT2D eigenvalue weighted by Crippen LogP contribution is 2.26. The summed E-state index contributed by atoms with van der Waals surface area (Å²) >= 11 is 0. The smallest absolute Gasteiger partial charge is 0.253 e. The minimum absolute atomic E-state index is 0.0918. The van der Waals surface area contributed by atoms with Crippen LogP contribution in [0.2, 0.25) is 0 Å². The SMILES string of the molecule is O=C(NCc1ccco1)c1ccccc1NC(=O)[C@@H]1CC(=O)N(c2ccccc2)C1. The summed E-state index contributed by atoms with van der Waals surface area (Å²) in [6, 6.07) is 19.6. The molecule has 1 fully saturated rings. The highest BCUT2D eigenvalue weighted by Gasteiger charge is 2.35. The minimum Gasteiger partial charge on any atom is -0.467 e. The maximum absolute atomic E-state index is 12.8. The summed E-state index contributed by atoms with van der Waals surface area (Å²) in [5.41, 5.74) is 1.53. The molecule has 0 bridgehead atoms. The zero-order valence-corrected chi connectivity index (χ0v) is 16.2. The minimum atomic E-state index is -0.489. The highest BCUT2D eigenvalue weighted by molar-refractivity contribution is 6.07. The van der Waals surface area contributed by atoms with Crippen LogP contribution in [0, 0.1) is 5.92 Å². The van der Waals surface area contributed by atoms with Crippen LogP contribution in [0.1, 0.15) is 22.5 Å². The molecule has 2 aromatic carbocycles. The fourth-order valence-corrected chi connectivity index (χ4v) is 3.44. The van der Waals surface area contributed by atoms with E-state index < -0.39 is 5.92 Å². The van der Waals surface area contributed by atoms with Gasteiger partial charge in [-0.15, -0.1) is 0 Å². The van der Waals surface area contributed by atoms with E-state index in [1.807, 2.05) is 30.3 Å². The van der Waals surface area contributed by atoms with Gasteiger partial charge in [-0.1, -0.05) is 30.3 Å². The Morgan fingerprint density at radius 3 is 2.53 bits per heavy atom. The first-order chi connectivity index (χ1) is 14.6. The Labute approximate surface area is 173 Å². The second kappa shape index (κ2) is 8.65. The summed E-state index contributed by atoms with van der Waals surface area (Å²) in [5, 5.41) is 5.59. The van der Waals surface area contributed by atoms with E-state index in [-0.39, 0.29) is 30.7 Å². The van der Waals surface area contributed by atoms with E-state index in [4.69, 9.17) is 4.42 Å². The van der Waals surface area contributed by atoms with Gasteiger partial charge in [0.25, 0.3) is 5.91 Å². The van der Waals surface area contributed by atoms with Gasteiger partial charge in [-0.25, -0.2) is 0 Å². The lowest BCUT2D eigenvalue weighted by Crippen LogP contribution is -2.29. The van der Waals surface area contributed by atoms with Gasteiger partial charge in [-0.05, 0) is 36.4 Å². The number of rotatable bonds is 6. The van der Waals surface area contributed by atoms with Gasteiger partial charge in [0.2, 0.25) is 11.8 Å². The number of carbonyl (C=O) groups excluding carboxylic acids is 3. The largest absolute Gasteiger partial charge is 0.467 e. The molecule has 3 amide bonds. The molecule has 1 aliphatic rings. The first-order valence-corrected chi connectivity index (χ1v) is 9.67. The van der Waals surface area contributed by atoms with Gasteiger partial charge in [0, 0.05) is 18.7 Å². The Kier molecular flexibility index (Phi) is 5.61. The predicted octanol–water partition coefficient (Wildman–Crippen LogP) is 3.20. The summed E-state index contributed by atoms with van der Waals surface area (Å²) in [7, 11) is 0. The molecule has 0 spiro atoms. The predicted molar refractivity (Wildman–Crippen MR) is 112 cm³/mol. The quantitative estimate of drug-likeness (QED) is 0.661. The molecule has 0 saturated carbocycles. The Balaban J connectivity index is 1.42. The number of nitrogens with one attached hydrogen (secondary N) is 2. The van der Waals surface area contributed by atoms with Crippen molar-refractivity contribution in [3.8, 4) is 0 Å². The number of hydrogen-bond donors (Lipinski definition) is 2. The van der Waals surface area contributed by atoms with Gasteiger partial charge >= 0.3 is 0 Å². The van der Waals surface area contributed by atoms with Crippen molar-refractivity contribution in [2.45, 2.75) is 13.0 Å². The van der Waals surface area contributed by atoms with Gasteiger partial charge < -0.3 is 20.0 Å². The lowest BCUT2D eigenvalue weighted by Gasteiger charge is -2.17. The Morgan fingerprint density at radius 1 is 1.00 bits per heavy atom. The van der Waals surface area contributed by atoms with Gasteiger partial charge in [0.15, 0.2) is 0 Å². The second-order valence-corrected chi connectivity index (χ2v) is 7.04. The summed E-state index contributed by atoms with van der Waals surface area (Å²) in [5.74, 6) is -0.554. The maximum atomic E-state index is 12.8. The molecule has 7 nitrogen and oxygen atoms in total. The van der Waals surface area contributed by atoms with E-state index in [0.29, 0.717) is 23.6 Å². The van der Waals surface area contributed by atoms with Crippen LogP contribution in [0.4, 0.5) is 11.4 Å². The molecule has 7 heteroatoms. The number of nitrogens with zero attached hydrogens (tertiary/aromatic N) is 1. The molecule has 0 radical (unpaired) electrons. The molecule has 2 heterocycles. The molecule has 1 atom stereocenters. The topological polar surface area (TPSA) is 91.6 Å². The normalized spacial score (nSPS) is 15.8. The number of para-hydroxylation sites is 2. The number of amides is 3. The third kappa shape index (κ3) is 4.25. The van der Waals surface area contributed by atoms with Crippen molar-refractivity contribution >= 4 is 29.1 Å². The van der Waals surface area contributed by atoms with Crippen LogP contribution in [0.5, 0.6) is 0 Å². The lowest BCUT2D eigenvalue weighted by molar-refractivity contribution is -0.122. The van der Waals surface area contributed by atoms with E-state index in [1.54, 1.807) is 41.3 Å². The van der Waals surface area contributed by atoms with E-state index in [2.05, 4.69) is 10.6 Å². The number of hydrogen-bond acceptors (Lipinski definition) is 4. The molecule has 152 valence electrons. The van der Waals surface area contributed by atoms with Gasteiger partial charge in [-0.2, -0.15) is 0 Å². The Bertz CT molecular complexity index is 1050. The standard InChI is InChI=1S/C23H21N3O4/c27-21-13-16(15-26(21)17-7-2-1-3-8-17)22(28)25-20-11-5-4-10-19(20)23(29)24-14-18-9-6-12-30-18/h1-12,16H,13-15H2,(H,24,29)(H,25,28)/t16-/m1/s1. The fourth-order valence-electron chi connectivity index (χ4n) is 3.44. The maximum Gasteiger partial charge on any atom is 0.253 e. The van der Waals surface area contributed by atoms with E-state index >= 15 is 0 Å². The van der Waals surface area contributed by atoms with Crippen molar-refractivity contribution in [2.24, 2.45) is 5.92 Å². The molecular formula is C23H21N3O4. The molecule has 3 aromatic rings. The van der Waals surface area contributed by atoms with Gasteiger partial charge in [0.05, 0.1) is 30.0 Å². The molecule has 4 rings (SSSR count). The van der Waals surface area contributed by atoms with Crippen molar-refractivity contribution in [2.75, 3.05) is 16.8 Å². The van der Waals surface area contributed by atoms with Crippen LogP contribution in [0.15, 0.2) is 77.4 Å². The molecule has 1 aliphatic heterocycles. The Morgan fingerprint density at radius 2 is 1.77 bits per heavy atom. The molecule has 1 aromatic heterocycles. The van der Waals surface area contributed by atoms with Gasteiger partial charge in [-0.3, -0.25) is 14.4 Å². The Hall–Kier alpha value is -3.87. The zero-order chi connectivity index (χ0) is 20.9. The van der Waals surface area contributed by atoms with E-state index in [0.717, 1.165) is 5.69 Å². The average molecular weight is 403 g/mol. The third-order valence-electron chi connectivity index (χ3n) is 5.00. The van der Waals surface area contributed by atoms with E-state index in [9.17, 15) is 14.4 Å². The summed E-state index contributed by atoms with van der Waals surface area (Å²) < 4.78 is 5.22. The number of anilines is 2. The van der Waals surface area contributed by atoms with Crippen LogP contribution >= 0.6 is 0 Å². The summed E-state index contributed by atoms with van der Waals surface area (Å²) in [6.07, 6.45) is 1.67. The third-order valence-corrected chi connectivity index (χ3v) is 5.00. The molecule has 1 saturated heterocycles. The second-order valence-electron chi connectivity index (χ2n) is 7.04. The average Bonchev–Trinajstić information content (AvgIpc) is 3.43. The molecule has 2 N–H and O–H groups in total. The molecule has 0 unspecified atom stereocenters. The van der Waals surface area contributed by atoms with Crippen LogP contribution < -0.4 is 15.5 Å². The van der Waals surface area contributed by atoms with Crippen LogP contribution in [-0.2, 0) is 16.1 Å². The number of furan rings is 1. The molecular weight excluding hydrogens is 382 g/mol. The zero-order valence-electron chi connectivity index (χ0n) is 16.2. The van der Waals surface area contributed by atoms with Crippen molar-refractivity contribution in [1.82, 2.24) is 5.32 Å². The monoisotopic (exact) mass is 403 g/mol. The lowest BCUT2D eigenvalue weighted by atomic mass is 10.1. The van der Waals surface area contributed by atoms with E-state index in [1.165, 1.54) is 6.26 Å². The van der Waals surface area contributed by atoms with Crippen LogP contribution in [0.25, 0.3) is 0 Å². The van der Waals surface area contributed by atoms with Gasteiger partial charge in [0.1, 0.15) is 5.76 Å². The summed E-state index contributed by atoms with van der Waals surface area (Å²) in [4.78, 5) is 39.4. The van der Waals surface area contributed by atoms with Crippen LogP contribution in [-0.4, -0.2) is 24.3 Å². The van der Waals surface area contributed by atoms with Crippen molar-refractivity contribution in [1.29, 1.82) is 0 Å². The number of carbonyl (C=O) groups is 3. The van der Waals surface area contributed by atoms with Crippen molar-refractivity contribution < 1.29 is 18.8 Å². The summed E-state index contributed by atoms with van der Waals surface area (Å²) in [6.45, 7) is 0.554. The first-order valence-electron chi connectivity index (χ1n) is 9.67. The van der Waals surface area contributed by atoms with Crippen molar-refractivity contribution in [3.63, 3.8) is 0 Å². The molecule has 30 heavy (non-hydrogen) atoms. The fraction of sp³-hybridized carbons (Fsp3) is 0.174. The molecule has 0 aliphatic carbocycles. The first kappa shape index (κ1) is 19.4. The highest BCUT2D eigenvalue weighted by atomic mass is 16.3. The van der Waals surface area contributed by atoms with Crippen molar-refractivity contribution in [3.05, 3.63) is 84.3 Å².